The fourth-order valence-corrected chi connectivity index (χ4v) is 3.54. The number of piperidine rings is 1. The van der Waals surface area contributed by atoms with Gasteiger partial charge in [-0.2, -0.15) is 5.10 Å². The molecule has 1 aliphatic rings. The SMILES string of the molecule is CCCc1cc(C(=O)N2CCC[C@H](c3nnc4ccccn34)C2)n[nH]1. The van der Waals surface area contributed by atoms with Gasteiger partial charge in [-0.05, 0) is 37.5 Å². The van der Waals surface area contributed by atoms with Gasteiger partial charge in [-0.25, -0.2) is 0 Å². The predicted molar refractivity (Wildman–Crippen MR) is 93.4 cm³/mol. The molecule has 1 atom stereocenters. The van der Waals surface area contributed by atoms with Gasteiger partial charge in [0.15, 0.2) is 5.65 Å². The molecule has 1 amide bonds. The number of H-pyrrole nitrogens is 1. The van der Waals surface area contributed by atoms with Gasteiger partial charge in [0, 0.05) is 30.9 Å². The molecule has 0 aromatic carbocycles. The number of nitrogens with one attached hydrogen (secondary N) is 1. The number of carbonyl (C=O) groups excluding carboxylic acids is 1. The predicted octanol–water partition coefficient (Wildman–Crippen LogP) is 2.42. The fraction of sp³-hybridized carbons (Fsp3) is 0.444. The average molecular weight is 338 g/mol. The van der Waals surface area contributed by atoms with E-state index in [0.29, 0.717) is 12.2 Å². The van der Waals surface area contributed by atoms with Crippen molar-refractivity contribution in [2.45, 2.75) is 38.5 Å². The highest BCUT2D eigenvalue weighted by Crippen LogP contribution is 2.26. The third-order valence-corrected chi connectivity index (χ3v) is 4.78. The van der Waals surface area contributed by atoms with Gasteiger partial charge in [0.1, 0.15) is 11.5 Å². The second-order valence-electron chi connectivity index (χ2n) is 6.61. The molecule has 0 unspecified atom stereocenters. The summed E-state index contributed by atoms with van der Waals surface area (Å²) >= 11 is 0. The van der Waals surface area contributed by atoms with Crippen molar-refractivity contribution >= 4 is 11.6 Å². The van der Waals surface area contributed by atoms with Crippen molar-refractivity contribution in [3.05, 3.63) is 47.7 Å². The van der Waals surface area contributed by atoms with Crippen molar-refractivity contribution in [3.63, 3.8) is 0 Å². The molecule has 0 saturated carbocycles. The quantitative estimate of drug-likeness (QED) is 0.792. The molecule has 1 fully saturated rings. The smallest absolute Gasteiger partial charge is 0.274 e. The molecule has 0 radical (unpaired) electrons. The molecule has 7 nitrogen and oxygen atoms in total. The van der Waals surface area contributed by atoms with Crippen LogP contribution in [0.2, 0.25) is 0 Å². The largest absolute Gasteiger partial charge is 0.337 e. The molecule has 1 N–H and O–H groups in total. The Labute approximate surface area is 146 Å². The van der Waals surface area contributed by atoms with E-state index < -0.39 is 0 Å². The number of carbonyl (C=O) groups is 1. The van der Waals surface area contributed by atoms with E-state index in [9.17, 15) is 4.79 Å². The second-order valence-corrected chi connectivity index (χ2v) is 6.61. The Kier molecular flexibility index (Phi) is 4.21. The van der Waals surface area contributed by atoms with Gasteiger partial charge in [0.25, 0.3) is 5.91 Å². The Balaban J connectivity index is 1.53. The Morgan fingerprint density at radius 2 is 2.28 bits per heavy atom. The molecule has 130 valence electrons. The lowest BCUT2D eigenvalue weighted by atomic mass is 9.97. The topological polar surface area (TPSA) is 79.2 Å². The Morgan fingerprint density at radius 1 is 1.36 bits per heavy atom. The minimum absolute atomic E-state index is 0.00266. The van der Waals surface area contributed by atoms with Crippen molar-refractivity contribution in [1.82, 2.24) is 29.7 Å². The first-order valence-corrected chi connectivity index (χ1v) is 8.89. The van der Waals surface area contributed by atoms with Crippen LogP contribution in [0.15, 0.2) is 30.5 Å². The van der Waals surface area contributed by atoms with Gasteiger partial charge in [-0.15, -0.1) is 10.2 Å². The zero-order chi connectivity index (χ0) is 17.2. The highest BCUT2D eigenvalue weighted by molar-refractivity contribution is 5.92. The maximum Gasteiger partial charge on any atom is 0.274 e. The van der Waals surface area contributed by atoms with E-state index in [2.05, 4.69) is 27.3 Å². The first-order chi connectivity index (χ1) is 12.3. The summed E-state index contributed by atoms with van der Waals surface area (Å²) in [6, 6.07) is 7.75. The van der Waals surface area contributed by atoms with E-state index >= 15 is 0 Å². The standard InChI is InChI=1S/C18H22N6O/c1-2-6-14-11-15(20-19-14)18(25)23-9-5-7-13(12-23)17-22-21-16-8-3-4-10-24(16)17/h3-4,8,10-11,13H,2,5-7,9,12H2,1H3,(H,19,20)/t13-/m0/s1. The summed E-state index contributed by atoms with van der Waals surface area (Å²) in [6.45, 7) is 3.53. The van der Waals surface area contributed by atoms with Crippen LogP contribution < -0.4 is 0 Å². The fourth-order valence-electron chi connectivity index (χ4n) is 3.54. The zero-order valence-corrected chi connectivity index (χ0v) is 14.4. The molecule has 7 heteroatoms. The molecule has 0 spiro atoms. The summed E-state index contributed by atoms with van der Waals surface area (Å²) < 4.78 is 2.02. The number of likely N-dealkylation sites (tertiary alicyclic amines) is 1. The van der Waals surface area contributed by atoms with Gasteiger partial charge >= 0.3 is 0 Å². The molecule has 1 saturated heterocycles. The van der Waals surface area contributed by atoms with Crippen LogP contribution in [0.1, 0.15) is 54.1 Å². The van der Waals surface area contributed by atoms with Crippen LogP contribution in [-0.4, -0.2) is 48.7 Å². The van der Waals surface area contributed by atoms with Gasteiger partial charge in [-0.3, -0.25) is 14.3 Å². The first kappa shape index (κ1) is 15.8. The van der Waals surface area contributed by atoms with Crippen LogP contribution in [0.5, 0.6) is 0 Å². The van der Waals surface area contributed by atoms with E-state index in [1.165, 1.54) is 0 Å². The normalized spacial score (nSPS) is 18.0. The summed E-state index contributed by atoms with van der Waals surface area (Å²) in [5.41, 5.74) is 2.37. The van der Waals surface area contributed by atoms with E-state index in [1.54, 1.807) is 0 Å². The van der Waals surface area contributed by atoms with Gasteiger partial charge in [-0.1, -0.05) is 19.4 Å². The number of aromatic nitrogens is 5. The third kappa shape index (κ3) is 3.01. The van der Waals surface area contributed by atoms with Crippen molar-refractivity contribution in [3.8, 4) is 0 Å². The van der Waals surface area contributed by atoms with Crippen molar-refractivity contribution < 1.29 is 4.79 Å². The molecular formula is C18H22N6O. The van der Waals surface area contributed by atoms with Crippen molar-refractivity contribution in [2.24, 2.45) is 0 Å². The number of hydrogen-bond acceptors (Lipinski definition) is 4. The van der Waals surface area contributed by atoms with Gasteiger partial charge in [0.2, 0.25) is 0 Å². The number of rotatable bonds is 4. The van der Waals surface area contributed by atoms with Crippen LogP contribution in [0, 0.1) is 0 Å². The number of fused-ring (bicyclic) bond motifs is 1. The van der Waals surface area contributed by atoms with Crippen molar-refractivity contribution in [1.29, 1.82) is 0 Å². The summed E-state index contributed by atoms with van der Waals surface area (Å²) in [7, 11) is 0. The van der Waals surface area contributed by atoms with Gasteiger partial charge in [0.05, 0.1) is 0 Å². The molecule has 4 rings (SSSR count). The van der Waals surface area contributed by atoms with Crippen molar-refractivity contribution in [2.75, 3.05) is 13.1 Å². The minimum Gasteiger partial charge on any atom is -0.337 e. The monoisotopic (exact) mass is 338 g/mol. The number of hydrogen-bond donors (Lipinski definition) is 1. The molecule has 1 aliphatic heterocycles. The molecule has 0 bridgehead atoms. The summed E-state index contributed by atoms with van der Waals surface area (Å²) in [4.78, 5) is 14.7. The second kappa shape index (κ2) is 6.66. The lowest BCUT2D eigenvalue weighted by Gasteiger charge is -2.31. The Hall–Kier alpha value is -2.70. The van der Waals surface area contributed by atoms with E-state index in [0.717, 1.165) is 49.4 Å². The minimum atomic E-state index is -0.00266. The third-order valence-electron chi connectivity index (χ3n) is 4.78. The van der Waals surface area contributed by atoms with Crippen LogP contribution in [0.25, 0.3) is 5.65 Å². The Morgan fingerprint density at radius 3 is 3.16 bits per heavy atom. The number of aromatic amines is 1. The highest BCUT2D eigenvalue weighted by Gasteiger charge is 2.29. The van der Waals surface area contributed by atoms with Gasteiger partial charge < -0.3 is 4.90 Å². The first-order valence-electron chi connectivity index (χ1n) is 8.89. The van der Waals surface area contributed by atoms with E-state index in [4.69, 9.17) is 0 Å². The highest BCUT2D eigenvalue weighted by atomic mass is 16.2. The summed E-state index contributed by atoms with van der Waals surface area (Å²) in [6.07, 6.45) is 5.90. The maximum absolute atomic E-state index is 12.8. The summed E-state index contributed by atoms with van der Waals surface area (Å²) in [5.74, 6) is 1.13. The molecule has 0 aliphatic carbocycles. The van der Waals surface area contributed by atoms with Crippen LogP contribution in [0.3, 0.4) is 0 Å². The number of aryl methyl sites for hydroxylation is 1. The molecule has 25 heavy (non-hydrogen) atoms. The zero-order valence-electron chi connectivity index (χ0n) is 14.4. The molecule has 3 aromatic rings. The lowest BCUT2D eigenvalue weighted by molar-refractivity contribution is 0.0698. The average Bonchev–Trinajstić information content (AvgIpc) is 3.28. The van der Waals surface area contributed by atoms with Crippen LogP contribution in [0.4, 0.5) is 0 Å². The summed E-state index contributed by atoms with van der Waals surface area (Å²) in [5, 5.41) is 15.8. The number of pyridine rings is 1. The van der Waals surface area contributed by atoms with Crippen LogP contribution in [-0.2, 0) is 6.42 Å². The van der Waals surface area contributed by atoms with Crippen LogP contribution >= 0.6 is 0 Å². The molecule has 3 aromatic heterocycles. The maximum atomic E-state index is 12.8. The Bertz CT molecular complexity index is 882. The molecular weight excluding hydrogens is 316 g/mol. The van der Waals surface area contributed by atoms with E-state index in [1.807, 2.05) is 39.8 Å². The molecule has 4 heterocycles. The number of nitrogens with zero attached hydrogens (tertiary/aromatic N) is 5. The number of amides is 1. The van der Waals surface area contributed by atoms with E-state index in [-0.39, 0.29) is 11.8 Å². The lowest BCUT2D eigenvalue weighted by Crippen LogP contribution is -2.39.